The minimum absolute atomic E-state index is 0.927. The highest BCUT2D eigenvalue weighted by molar-refractivity contribution is 5.67. The minimum atomic E-state index is 0.927. The quantitative estimate of drug-likeness (QED) is 0.674. The summed E-state index contributed by atoms with van der Waals surface area (Å²) in [5.74, 6) is 0. The molecule has 1 aliphatic rings. The van der Waals surface area contributed by atoms with Crippen molar-refractivity contribution in [3.63, 3.8) is 0 Å². The summed E-state index contributed by atoms with van der Waals surface area (Å²) in [4.78, 5) is 0. The number of hydrogen-bond acceptors (Lipinski definition) is 0. The number of benzene rings is 1. The van der Waals surface area contributed by atoms with Gasteiger partial charge in [0.2, 0.25) is 0 Å². The molecule has 18 heavy (non-hydrogen) atoms. The Balaban J connectivity index is 2.17. The molecular weight excluding hydrogens is 216 g/mol. The highest BCUT2D eigenvalue weighted by Crippen LogP contribution is 2.26. The van der Waals surface area contributed by atoms with Crippen LogP contribution in [0.4, 0.5) is 0 Å². The summed E-state index contributed by atoms with van der Waals surface area (Å²) < 4.78 is 0. The van der Waals surface area contributed by atoms with E-state index in [9.17, 15) is 0 Å². The maximum absolute atomic E-state index is 4.23. The van der Waals surface area contributed by atoms with E-state index in [0.29, 0.717) is 0 Å². The summed E-state index contributed by atoms with van der Waals surface area (Å²) >= 11 is 0. The predicted molar refractivity (Wildman–Crippen MR) is 80.4 cm³/mol. The zero-order valence-electron chi connectivity index (χ0n) is 11.2. The van der Waals surface area contributed by atoms with E-state index in [1.54, 1.807) is 0 Å². The zero-order chi connectivity index (χ0) is 13.0. The average molecular weight is 236 g/mol. The van der Waals surface area contributed by atoms with E-state index in [-0.39, 0.29) is 0 Å². The summed E-state index contributed by atoms with van der Waals surface area (Å²) in [6, 6.07) is 8.56. The lowest BCUT2D eigenvalue weighted by atomic mass is 9.94. The fourth-order valence-corrected chi connectivity index (χ4v) is 2.17. The molecule has 0 N–H and O–H groups in total. The molecule has 0 nitrogen and oxygen atoms in total. The molecule has 92 valence electrons. The van der Waals surface area contributed by atoms with Gasteiger partial charge in [0.1, 0.15) is 0 Å². The van der Waals surface area contributed by atoms with Gasteiger partial charge >= 0.3 is 0 Å². The van der Waals surface area contributed by atoms with Crippen LogP contribution in [-0.4, -0.2) is 0 Å². The van der Waals surface area contributed by atoms with Crippen LogP contribution in [-0.2, 0) is 0 Å². The Kier molecular flexibility index (Phi) is 3.99. The van der Waals surface area contributed by atoms with Crippen molar-refractivity contribution >= 4 is 5.57 Å². The van der Waals surface area contributed by atoms with Gasteiger partial charge in [-0.1, -0.05) is 66.3 Å². The lowest BCUT2D eigenvalue weighted by Gasteiger charge is -2.10. The van der Waals surface area contributed by atoms with Gasteiger partial charge in [0.25, 0.3) is 0 Å². The summed E-state index contributed by atoms with van der Waals surface area (Å²) in [5.41, 5.74) is 6.46. The van der Waals surface area contributed by atoms with Crippen LogP contribution in [0.15, 0.2) is 66.3 Å². The summed E-state index contributed by atoms with van der Waals surface area (Å²) in [5, 5.41) is 0. The fourth-order valence-electron chi connectivity index (χ4n) is 2.17. The molecule has 0 fully saturated rings. The molecular formula is C18H20. The molecule has 1 aromatic carbocycles. The third-order valence-electron chi connectivity index (χ3n) is 3.33. The van der Waals surface area contributed by atoms with Gasteiger partial charge in [-0.2, -0.15) is 0 Å². The van der Waals surface area contributed by atoms with Gasteiger partial charge in [-0.15, -0.1) is 0 Å². The van der Waals surface area contributed by atoms with Gasteiger partial charge in [0.05, 0.1) is 0 Å². The average Bonchev–Trinajstić information content (AvgIpc) is 2.55. The molecule has 0 spiro atoms. The van der Waals surface area contributed by atoms with Gasteiger partial charge in [0, 0.05) is 0 Å². The van der Waals surface area contributed by atoms with Crippen molar-refractivity contribution in [2.75, 3.05) is 0 Å². The molecule has 0 saturated heterocycles. The second kappa shape index (κ2) is 5.68. The smallest absolute Gasteiger partial charge is 0.00232 e. The molecule has 0 unspecified atom stereocenters. The molecule has 0 atom stereocenters. The zero-order valence-corrected chi connectivity index (χ0v) is 11.2. The van der Waals surface area contributed by atoms with E-state index >= 15 is 0 Å². The highest BCUT2D eigenvalue weighted by atomic mass is 14.1. The molecule has 2 rings (SSSR count). The standard InChI is InChI=1S/C18H20/c1-14-8-7-11-17(12-14)16(3)13-18-10-6-4-5-9-15(18)2/h4,6-12H,3,5,13H2,1-2H3. The summed E-state index contributed by atoms with van der Waals surface area (Å²) in [6.07, 6.45) is 10.8. The second-order valence-electron chi connectivity index (χ2n) is 4.89. The van der Waals surface area contributed by atoms with Gasteiger partial charge in [-0.25, -0.2) is 0 Å². The molecule has 0 bridgehead atoms. The van der Waals surface area contributed by atoms with Crippen LogP contribution in [0.1, 0.15) is 30.9 Å². The molecule has 0 aliphatic heterocycles. The first kappa shape index (κ1) is 12.6. The summed E-state index contributed by atoms with van der Waals surface area (Å²) in [7, 11) is 0. The summed E-state index contributed by atoms with van der Waals surface area (Å²) in [6.45, 7) is 8.54. The van der Waals surface area contributed by atoms with Crippen molar-refractivity contribution in [1.29, 1.82) is 0 Å². The Morgan fingerprint density at radius 3 is 2.89 bits per heavy atom. The minimum Gasteiger partial charge on any atom is -0.0949 e. The third kappa shape index (κ3) is 3.10. The second-order valence-corrected chi connectivity index (χ2v) is 4.89. The normalized spacial score (nSPS) is 14.8. The van der Waals surface area contributed by atoms with Crippen LogP contribution in [0.25, 0.3) is 5.57 Å². The Hall–Kier alpha value is -1.82. The third-order valence-corrected chi connectivity index (χ3v) is 3.33. The number of hydrogen-bond donors (Lipinski definition) is 0. The molecule has 1 aromatic rings. The van der Waals surface area contributed by atoms with Crippen LogP contribution in [0.5, 0.6) is 0 Å². The van der Waals surface area contributed by atoms with Gasteiger partial charge in [-0.3, -0.25) is 0 Å². The van der Waals surface area contributed by atoms with Crippen LogP contribution in [0.2, 0.25) is 0 Å². The van der Waals surface area contributed by atoms with Crippen LogP contribution in [0, 0.1) is 6.92 Å². The molecule has 0 saturated carbocycles. The first-order chi connectivity index (χ1) is 8.66. The number of allylic oxidation sites excluding steroid dienone is 7. The number of aryl methyl sites for hydroxylation is 1. The SMILES string of the molecule is C=C(CC1=CC=CCC=C1C)c1cccc(C)c1. The molecule has 0 heteroatoms. The van der Waals surface area contributed by atoms with Gasteiger partial charge < -0.3 is 0 Å². The number of rotatable bonds is 3. The van der Waals surface area contributed by atoms with Gasteiger partial charge in [-0.05, 0) is 43.4 Å². The maximum atomic E-state index is 4.23. The van der Waals surface area contributed by atoms with Crippen LogP contribution < -0.4 is 0 Å². The van der Waals surface area contributed by atoms with E-state index in [1.807, 2.05) is 0 Å². The van der Waals surface area contributed by atoms with Gasteiger partial charge in [0.15, 0.2) is 0 Å². The van der Waals surface area contributed by atoms with E-state index < -0.39 is 0 Å². The van der Waals surface area contributed by atoms with Crippen LogP contribution >= 0.6 is 0 Å². The Labute approximate surface area is 110 Å². The van der Waals surface area contributed by atoms with E-state index in [1.165, 1.54) is 27.8 Å². The molecule has 0 radical (unpaired) electrons. The first-order valence-corrected chi connectivity index (χ1v) is 6.44. The molecule has 0 aromatic heterocycles. The Morgan fingerprint density at radius 1 is 1.28 bits per heavy atom. The van der Waals surface area contributed by atoms with Crippen molar-refractivity contribution in [2.45, 2.75) is 26.7 Å². The van der Waals surface area contributed by atoms with Crippen molar-refractivity contribution in [2.24, 2.45) is 0 Å². The molecule has 0 amide bonds. The van der Waals surface area contributed by atoms with E-state index in [0.717, 1.165) is 12.8 Å². The van der Waals surface area contributed by atoms with Crippen molar-refractivity contribution in [1.82, 2.24) is 0 Å². The first-order valence-electron chi connectivity index (χ1n) is 6.44. The highest BCUT2D eigenvalue weighted by Gasteiger charge is 2.06. The fraction of sp³-hybridized carbons (Fsp3) is 0.222. The topological polar surface area (TPSA) is 0 Å². The lowest BCUT2D eigenvalue weighted by molar-refractivity contribution is 1.20. The predicted octanol–water partition coefficient (Wildman–Crippen LogP) is 5.23. The lowest BCUT2D eigenvalue weighted by Crippen LogP contribution is -1.90. The van der Waals surface area contributed by atoms with Crippen LogP contribution in [0.3, 0.4) is 0 Å². The van der Waals surface area contributed by atoms with E-state index in [2.05, 4.69) is 69.0 Å². The Morgan fingerprint density at radius 2 is 2.11 bits per heavy atom. The van der Waals surface area contributed by atoms with Crippen molar-refractivity contribution in [3.8, 4) is 0 Å². The largest absolute Gasteiger partial charge is 0.0949 e. The molecule has 0 heterocycles. The van der Waals surface area contributed by atoms with E-state index in [4.69, 9.17) is 0 Å². The maximum Gasteiger partial charge on any atom is -0.00232 e. The van der Waals surface area contributed by atoms with Crippen molar-refractivity contribution in [3.05, 3.63) is 77.4 Å². The Bertz CT molecular complexity index is 539. The molecule has 1 aliphatic carbocycles. The monoisotopic (exact) mass is 236 g/mol. The van der Waals surface area contributed by atoms with Crippen molar-refractivity contribution < 1.29 is 0 Å².